The zero-order chi connectivity index (χ0) is 12.0. The summed E-state index contributed by atoms with van der Waals surface area (Å²) >= 11 is 0. The van der Waals surface area contributed by atoms with E-state index in [9.17, 15) is 0 Å². The number of hydrazine groups is 1. The van der Waals surface area contributed by atoms with Crippen molar-refractivity contribution in [3.8, 4) is 5.75 Å². The molecule has 0 saturated heterocycles. The normalized spacial score (nSPS) is 32.3. The molecule has 3 unspecified atom stereocenters. The van der Waals surface area contributed by atoms with Gasteiger partial charge in [-0.15, -0.1) is 0 Å². The van der Waals surface area contributed by atoms with Crippen LogP contribution in [0.1, 0.15) is 31.0 Å². The third kappa shape index (κ3) is 1.73. The summed E-state index contributed by atoms with van der Waals surface area (Å²) in [5, 5.41) is 4.25. The van der Waals surface area contributed by atoms with Crippen molar-refractivity contribution in [3.63, 3.8) is 0 Å². The molecule has 3 N–H and O–H groups in total. The zero-order valence-electron chi connectivity index (χ0n) is 10.4. The predicted molar refractivity (Wildman–Crippen MR) is 64.1 cm³/mol. The van der Waals surface area contributed by atoms with Gasteiger partial charge in [0.25, 0.3) is 0 Å². The Hall–Kier alpha value is -1.07. The SMILES string of the molecule is COc1cnn(C)c1C(NN)C1CC2CC2C1. The van der Waals surface area contributed by atoms with Gasteiger partial charge < -0.3 is 4.74 Å². The molecule has 2 aliphatic rings. The molecule has 0 spiro atoms. The van der Waals surface area contributed by atoms with Crippen LogP contribution in [0.3, 0.4) is 0 Å². The molecule has 1 aromatic rings. The van der Waals surface area contributed by atoms with Gasteiger partial charge in [-0.1, -0.05) is 0 Å². The molecule has 0 aliphatic heterocycles. The Kier molecular flexibility index (Phi) is 2.60. The van der Waals surface area contributed by atoms with E-state index in [-0.39, 0.29) is 6.04 Å². The third-order valence-electron chi connectivity index (χ3n) is 4.39. The van der Waals surface area contributed by atoms with Crippen LogP contribution in [0.15, 0.2) is 6.20 Å². The number of aryl methyl sites for hydroxylation is 1. The van der Waals surface area contributed by atoms with Crippen molar-refractivity contribution in [2.24, 2.45) is 30.6 Å². The van der Waals surface area contributed by atoms with Gasteiger partial charge in [0.15, 0.2) is 5.75 Å². The topological polar surface area (TPSA) is 65.1 Å². The van der Waals surface area contributed by atoms with E-state index in [2.05, 4.69) is 10.5 Å². The van der Waals surface area contributed by atoms with Gasteiger partial charge in [0.05, 0.1) is 25.0 Å². The molecule has 5 heteroatoms. The number of nitrogens with one attached hydrogen (secondary N) is 1. The molecule has 3 rings (SSSR count). The quantitative estimate of drug-likeness (QED) is 0.604. The minimum absolute atomic E-state index is 0.158. The second-order valence-corrected chi connectivity index (χ2v) is 5.35. The highest BCUT2D eigenvalue weighted by Crippen LogP contribution is 2.57. The van der Waals surface area contributed by atoms with Gasteiger partial charge in [-0.2, -0.15) is 5.10 Å². The summed E-state index contributed by atoms with van der Waals surface area (Å²) < 4.78 is 7.24. The van der Waals surface area contributed by atoms with Crippen LogP contribution >= 0.6 is 0 Å². The number of hydrogen-bond donors (Lipinski definition) is 2. The predicted octanol–water partition coefficient (Wildman–Crippen LogP) is 0.979. The largest absolute Gasteiger partial charge is 0.493 e. The fraction of sp³-hybridized carbons (Fsp3) is 0.750. The maximum atomic E-state index is 5.75. The highest BCUT2D eigenvalue weighted by atomic mass is 16.5. The van der Waals surface area contributed by atoms with Gasteiger partial charge in [-0.3, -0.25) is 16.0 Å². The van der Waals surface area contributed by atoms with Crippen LogP contribution in [0.5, 0.6) is 5.75 Å². The molecule has 2 saturated carbocycles. The smallest absolute Gasteiger partial charge is 0.161 e. The Labute approximate surface area is 101 Å². The van der Waals surface area contributed by atoms with Gasteiger partial charge in [-0.25, -0.2) is 0 Å². The maximum Gasteiger partial charge on any atom is 0.161 e. The number of methoxy groups -OCH3 is 1. The molecule has 17 heavy (non-hydrogen) atoms. The molecule has 0 bridgehead atoms. The van der Waals surface area contributed by atoms with E-state index < -0.39 is 0 Å². The Bertz CT molecular complexity index is 407. The fourth-order valence-electron chi connectivity index (χ4n) is 3.41. The van der Waals surface area contributed by atoms with E-state index in [0.29, 0.717) is 5.92 Å². The molecule has 1 aromatic heterocycles. The first-order valence-corrected chi connectivity index (χ1v) is 6.26. The molecule has 3 atom stereocenters. The van der Waals surface area contributed by atoms with Crippen molar-refractivity contribution >= 4 is 0 Å². The van der Waals surface area contributed by atoms with Crippen molar-refractivity contribution in [1.82, 2.24) is 15.2 Å². The summed E-state index contributed by atoms with van der Waals surface area (Å²) in [6, 6.07) is 0.158. The van der Waals surface area contributed by atoms with Crippen molar-refractivity contribution in [3.05, 3.63) is 11.9 Å². The highest BCUT2D eigenvalue weighted by Gasteiger charge is 2.48. The Balaban J connectivity index is 1.86. The van der Waals surface area contributed by atoms with E-state index in [1.165, 1.54) is 19.3 Å². The first-order valence-electron chi connectivity index (χ1n) is 6.26. The summed E-state index contributed by atoms with van der Waals surface area (Å²) in [5.74, 6) is 9.11. The van der Waals surface area contributed by atoms with Gasteiger partial charge in [-0.05, 0) is 37.0 Å². The molecule has 94 valence electrons. The lowest BCUT2D eigenvalue weighted by atomic mass is 9.92. The Morgan fingerprint density at radius 3 is 2.76 bits per heavy atom. The number of nitrogens with two attached hydrogens (primary N) is 1. The highest BCUT2D eigenvalue weighted by molar-refractivity contribution is 5.29. The minimum Gasteiger partial charge on any atom is -0.493 e. The Morgan fingerprint density at radius 1 is 1.47 bits per heavy atom. The van der Waals surface area contributed by atoms with Crippen LogP contribution in [-0.2, 0) is 7.05 Å². The van der Waals surface area contributed by atoms with Crippen LogP contribution in [0, 0.1) is 17.8 Å². The van der Waals surface area contributed by atoms with Gasteiger partial charge in [0.1, 0.15) is 0 Å². The van der Waals surface area contributed by atoms with Crippen LogP contribution < -0.4 is 16.0 Å². The third-order valence-corrected chi connectivity index (χ3v) is 4.39. The van der Waals surface area contributed by atoms with Gasteiger partial charge in [0.2, 0.25) is 0 Å². The average Bonchev–Trinajstić information content (AvgIpc) is 2.78. The first-order chi connectivity index (χ1) is 8.24. The molecule has 2 fully saturated rings. The summed E-state index contributed by atoms with van der Waals surface area (Å²) in [4.78, 5) is 0. The fourth-order valence-corrected chi connectivity index (χ4v) is 3.41. The van der Waals surface area contributed by atoms with E-state index >= 15 is 0 Å². The van der Waals surface area contributed by atoms with E-state index in [1.807, 2.05) is 11.7 Å². The minimum atomic E-state index is 0.158. The van der Waals surface area contributed by atoms with Crippen molar-refractivity contribution in [2.75, 3.05) is 7.11 Å². The van der Waals surface area contributed by atoms with Crippen molar-refractivity contribution < 1.29 is 4.74 Å². The van der Waals surface area contributed by atoms with Gasteiger partial charge in [0, 0.05) is 7.05 Å². The summed E-state index contributed by atoms with van der Waals surface area (Å²) in [6.45, 7) is 0. The lowest BCUT2D eigenvalue weighted by molar-refractivity contribution is 0.316. The van der Waals surface area contributed by atoms with E-state index in [0.717, 1.165) is 23.3 Å². The van der Waals surface area contributed by atoms with Crippen LogP contribution in [0.2, 0.25) is 0 Å². The van der Waals surface area contributed by atoms with Crippen LogP contribution in [-0.4, -0.2) is 16.9 Å². The summed E-state index contributed by atoms with van der Waals surface area (Å²) in [7, 11) is 3.62. The van der Waals surface area contributed by atoms with E-state index in [1.54, 1.807) is 13.3 Å². The summed E-state index contributed by atoms with van der Waals surface area (Å²) in [6.07, 6.45) is 5.76. The molecule has 0 aromatic carbocycles. The number of rotatable bonds is 4. The number of ether oxygens (including phenoxy) is 1. The molecule has 5 nitrogen and oxygen atoms in total. The van der Waals surface area contributed by atoms with Crippen LogP contribution in [0.4, 0.5) is 0 Å². The lowest BCUT2D eigenvalue weighted by Gasteiger charge is -2.24. The maximum absolute atomic E-state index is 5.75. The molecule has 0 radical (unpaired) electrons. The second-order valence-electron chi connectivity index (χ2n) is 5.35. The number of nitrogens with zero attached hydrogens (tertiary/aromatic N) is 2. The lowest BCUT2D eigenvalue weighted by Crippen LogP contribution is -2.34. The van der Waals surface area contributed by atoms with Gasteiger partial charge >= 0.3 is 0 Å². The van der Waals surface area contributed by atoms with Crippen molar-refractivity contribution in [2.45, 2.75) is 25.3 Å². The molecule has 2 aliphatic carbocycles. The zero-order valence-corrected chi connectivity index (χ0v) is 10.4. The average molecular weight is 236 g/mol. The first kappa shape index (κ1) is 11.0. The second kappa shape index (κ2) is 3.99. The Morgan fingerprint density at radius 2 is 2.18 bits per heavy atom. The molecule has 1 heterocycles. The molecular formula is C12H20N4O. The summed E-state index contributed by atoms with van der Waals surface area (Å²) in [5.41, 5.74) is 4.03. The van der Waals surface area contributed by atoms with Crippen molar-refractivity contribution in [1.29, 1.82) is 0 Å². The number of hydrogen-bond acceptors (Lipinski definition) is 4. The van der Waals surface area contributed by atoms with Crippen LogP contribution in [0.25, 0.3) is 0 Å². The van der Waals surface area contributed by atoms with E-state index in [4.69, 9.17) is 10.6 Å². The number of aromatic nitrogens is 2. The number of fused-ring (bicyclic) bond motifs is 1. The monoisotopic (exact) mass is 236 g/mol. The molecule has 0 amide bonds. The standard InChI is InChI=1S/C12H20N4O/c1-16-12(10(17-2)6-14-16)11(15-13)9-4-7-3-8(7)5-9/h6-9,11,15H,3-5,13H2,1-2H3. The molecular weight excluding hydrogens is 216 g/mol.